The molecule has 1 amide bonds. The fourth-order valence-corrected chi connectivity index (χ4v) is 8.37. The van der Waals surface area contributed by atoms with E-state index in [1.54, 1.807) is 0 Å². The van der Waals surface area contributed by atoms with Gasteiger partial charge in [-0.1, -0.05) is 19.3 Å². The van der Waals surface area contributed by atoms with Crippen LogP contribution in [-0.4, -0.2) is 110 Å². The minimum absolute atomic E-state index is 0.0369. The largest absolute Gasteiger partial charge is 0.393 e. The molecule has 0 aromatic rings. The molecule has 38 heavy (non-hydrogen) atoms. The Morgan fingerprint density at radius 1 is 1.03 bits per heavy atom. The van der Waals surface area contributed by atoms with Gasteiger partial charge in [0.2, 0.25) is 5.91 Å². The second-order valence-corrected chi connectivity index (χ2v) is 13.5. The van der Waals surface area contributed by atoms with Crippen molar-refractivity contribution in [2.75, 3.05) is 53.6 Å². The molecule has 0 spiro atoms. The lowest BCUT2D eigenvalue weighted by atomic mass is 9.67. The summed E-state index contributed by atoms with van der Waals surface area (Å²) in [7, 11) is 4.33. The molecule has 8 heteroatoms. The van der Waals surface area contributed by atoms with Gasteiger partial charge in [-0.3, -0.25) is 4.79 Å². The number of rotatable bonds is 8. The first-order valence-corrected chi connectivity index (χ1v) is 15.6. The van der Waals surface area contributed by atoms with Gasteiger partial charge < -0.3 is 34.8 Å². The molecule has 3 aliphatic carbocycles. The number of ether oxygens (including phenoxy) is 2. The van der Waals surface area contributed by atoms with Crippen LogP contribution in [0.2, 0.25) is 0 Å². The zero-order valence-corrected chi connectivity index (χ0v) is 23.8. The first-order chi connectivity index (χ1) is 18.4. The maximum atomic E-state index is 14.0. The van der Waals surface area contributed by atoms with Crippen LogP contribution in [0.4, 0.5) is 0 Å². The molecule has 0 bridgehead atoms. The molecule has 0 aromatic heterocycles. The fourth-order valence-electron chi connectivity index (χ4n) is 8.37. The molecule has 3 N–H and O–H groups in total. The van der Waals surface area contributed by atoms with Gasteiger partial charge in [0, 0.05) is 57.8 Å². The van der Waals surface area contributed by atoms with Crippen LogP contribution in [0, 0.1) is 29.6 Å². The van der Waals surface area contributed by atoms with Crippen LogP contribution in [0.1, 0.15) is 70.6 Å². The van der Waals surface area contributed by atoms with Crippen molar-refractivity contribution < 1.29 is 24.5 Å². The standard InChI is InChI=1S/C30H53N3O5/c1-32(2)16-21-12-22-8-10-33(17-25(22)26(13-21)31-23-9-11-37-19-23)30(36)29-27(35)14-24(34)15-28(29)38-18-20-6-4-3-5-7-20/h20-29,31,34-35H,3-19H2,1-2H3/t21?,22?,23-,24?,25?,26?,27?,28?,29?/m1/s1. The molecule has 5 fully saturated rings. The highest BCUT2D eigenvalue weighted by Crippen LogP contribution is 2.41. The summed E-state index contributed by atoms with van der Waals surface area (Å²) < 4.78 is 12.0. The highest BCUT2D eigenvalue weighted by atomic mass is 16.5. The maximum absolute atomic E-state index is 14.0. The summed E-state index contributed by atoms with van der Waals surface area (Å²) in [6, 6.07) is 0.793. The molecule has 5 aliphatic rings. The van der Waals surface area contributed by atoms with Gasteiger partial charge in [0.25, 0.3) is 0 Å². The van der Waals surface area contributed by atoms with Crippen molar-refractivity contribution in [2.45, 2.75) is 101 Å². The Kier molecular flexibility index (Phi) is 10.0. The lowest BCUT2D eigenvalue weighted by molar-refractivity contribution is -0.162. The van der Waals surface area contributed by atoms with Crippen molar-refractivity contribution in [1.29, 1.82) is 0 Å². The fraction of sp³-hybridized carbons (Fsp3) is 0.967. The van der Waals surface area contributed by atoms with Gasteiger partial charge in [-0.15, -0.1) is 0 Å². The molecule has 0 aromatic carbocycles. The van der Waals surface area contributed by atoms with Gasteiger partial charge >= 0.3 is 0 Å². The molecular formula is C30H53N3O5. The number of fused-ring (bicyclic) bond motifs is 1. The van der Waals surface area contributed by atoms with Crippen molar-refractivity contribution in [3.05, 3.63) is 0 Å². The average Bonchev–Trinajstić information content (AvgIpc) is 3.40. The summed E-state index contributed by atoms with van der Waals surface area (Å²) >= 11 is 0. The van der Waals surface area contributed by atoms with E-state index in [4.69, 9.17) is 9.47 Å². The Balaban J connectivity index is 1.25. The van der Waals surface area contributed by atoms with Crippen molar-refractivity contribution in [3.63, 3.8) is 0 Å². The van der Waals surface area contributed by atoms with Gasteiger partial charge in [0.15, 0.2) is 0 Å². The normalized spacial score (nSPS) is 40.9. The lowest BCUT2D eigenvalue weighted by Crippen LogP contribution is -2.59. The zero-order chi connectivity index (χ0) is 26.6. The van der Waals surface area contributed by atoms with Crippen LogP contribution in [0.15, 0.2) is 0 Å². The number of nitrogens with one attached hydrogen (secondary N) is 1. The number of nitrogens with zero attached hydrogens (tertiary/aromatic N) is 2. The van der Waals surface area contributed by atoms with Crippen LogP contribution in [0.5, 0.6) is 0 Å². The number of amides is 1. The third kappa shape index (κ3) is 7.10. The molecule has 9 atom stereocenters. The van der Waals surface area contributed by atoms with E-state index in [0.717, 1.165) is 52.1 Å². The van der Waals surface area contributed by atoms with E-state index in [1.165, 1.54) is 38.5 Å². The van der Waals surface area contributed by atoms with E-state index in [0.29, 0.717) is 48.8 Å². The molecule has 5 rings (SSSR count). The van der Waals surface area contributed by atoms with E-state index in [9.17, 15) is 15.0 Å². The SMILES string of the molecule is CN(C)CC1CC2CCN(C(=O)C3C(O)CC(O)CC3OCC3CCCCC3)CC2C(N[C@@H]2CCOC2)C1. The number of likely N-dealkylation sites (tertiary alicyclic amines) is 1. The maximum Gasteiger partial charge on any atom is 0.230 e. The second-order valence-electron chi connectivity index (χ2n) is 13.5. The minimum Gasteiger partial charge on any atom is -0.393 e. The van der Waals surface area contributed by atoms with Crippen molar-refractivity contribution in [3.8, 4) is 0 Å². The second kappa shape index (κ2) is 13.3. The van der Waals surface area contributed by atoms with Gasteiger partial charge in [-0.25, -0.2) is 0 Å². The molecule has 2 heterocycles. The lowest BCUT2D eigenvalue weighted by Gasteiger charge is -2.50. The minimum atomic E-state index is -0.847. The molecule has 8 unspecified atom stereocenters. The predicted octanol–water partition coefficient (Wildman–Crippen LogP) is 2.27. The third-order valence-electron chi connectivity index (χ3n) is 10.3. The van der Waals surface area contributed by atoms with E-state index >= 15 is 0 Å². The van der Waals surface area contributed by atoms with E-state index in [-0.39, 0.29) is 12.3 Å². The van der Waals surface area contributed by atoms with E-state index in [2.05, 4.69) is 24.3 Å². The first-order valence-electron chi connectivity index (χ1n) is 15.6. The molecule has 218 valence electrons. The zero-order valence-electron chi connectivity index (χ0n) is 23.8. The Hall–Kier alpha value is -0.770. The Bertz CT molecular complexity index is 756. The summed E-state index contributed by atoms with van der Waals surface area (Å²) in [6.45, 7) is 4.88. The van der Waals surface area contributed by atoms with E-state index in [1.807, 2.05) is 4.90 Å². The Morgan fingerprint density at radius 3 is 2.58 bits per heavy atom. The van der Waals surface area contributed by atoms with Crippen LogP contribution in [0.3, 0.4) is 0 Å². The Labute approximate surface area is 229 Å². The van der Waals surface area contributed by atoms with Crippen molar-refractivity contribution in [1.82, 2.24) is 15.1 Å². The van der Waals surface area contributed by atoms with Gasteiger partial charge in [0.05, 0.1) is 30.8 Å². The van der Waals surface area contributed by atoms with Crippen molar-refractivity contribution >= 4 is 5.91 Å². The average molecular weight is 536 g/mol. The summed E-state index contributed by atoms with van der Waals surface area (Å²) in [4.78, 5) is 18.4. The van der Waals surface area contributed by atoms with E-state index < -0.39 is 24.2 Å². The van der Waals surface area contributed by atoms with Crippen LogP contribution in [-0.2, 0) is 14.3 Å². The molecule has 0 radical (unpaired) electrons. The van der Waals surface area contributed by atoms with Crippen LogP contribution in [0.25, 0.3) is 0 Å². The highest BCUT2D eigenvalue weighted by molar-refractivity contribution is 5.80. The van der Waals surface area contributed by atoms with Crippen LogP contribution >= 0.6 is 0 Å². The number of hydrogen-bond acceptors (Lipinski definition) is 7. The number of carbonyl (C=O) groups is 1. The topological polar surface area (TPSA) is 94.5 Å². The van der Waals surface area contributed by atoms with Gasteiger partial charge in [0.1, 0.15) is 0 Å². The Morgan fingerprint density at radius 2 is 1.84 bits per heavy atom. The van der Waals surface area contributed by atoms with Crippen LogP contribution < -0.4 is 5.32 Å². The smallest absolute Gasteiger partial charge is 0.230 e. The number of aliphatic hydroxyl groups excluding tert-OH is 2. The molecule has 8 nitrogen and oxygen atoms in total. The first kappa shape index (κ1) is 28.7. The molecular weight excluding hydrogens is 482 g/mol. The molecule has 3 saturated carbocycles. The summed E-state index contributed by atoms with van der Waals surface area (Å²) in [6.07, 6.45) is 9.48. The highest BCUT2D eigenvalue weighted by Gasteiger charge is 2.47. The monoisotopic (exact) mass is 535 g/mol. The number of carbonyl (C=O) groups excluding carboxylic acids is 1. The molecule has 2 aliphatic heterocycles. The summed E-state index contributed by atoms with van der Waals surface area (Å²) in [5.41, 5.74) is 0. The van der Waals surface area contributed by atoms with Crippen molar-refractivity contribution in [2.24, 2.45) is 29.6 Å². The molecule has 2 saturated heterocycles. The van der Waals surface area contributed by atoms with Gasteiger partial charge in [-0.05, 0) is 76.3 Å². The predicted molar refractivity (Wildman–Crippen MR) is 147 cm³/mol. The van der Waals surface area contributed by atoms with Gasteiger partial charge in [-0.2, -0.15) is 0 Å². The number of piperidine rings is 1. The summed E-state index contributed by atoms with van der Waals surface area (Å²) in [5.74, 6) is 1.73. The number of aliphatic hydroxyl groups is 2. The summed E-state index contributed by atoms with van der Waals surface area (Å²) in [5, 5.41) is 25.4. The third-order valence-corrected chi connectivity index (χ3v) is 10.3. The number of hydrogen-bond donors (Lipinski definition) is 3. The quantitative estimate of drug-likeness (QED) is 0.439.